The fraction of sp³-hybridized carbons (Fsp3) is 0.333. The van der Waals surface area contributed by atoms with Gasteiger partial charge in [-0.25, -0.2) is 0 Å². The minimum Gasteiger partial charge on any atom is -0.508 e. The largest absolute Gasteiger partial charge is 0.508 e. The molecule has 1 atom stereocenters. The van der Waals surface area contributed by atoms with Crippen molar-refractivity contribution < 1.29 is 19.8 Å². The Labute approximate surface area is 175 Å². The molecule has 0 spiro atoms. The van der Waals surface area contributed by atoms with Crippen molar-refractivity contribution in [1.82, 2.24) is 14.8 Å². The minimum atomic E-state index is -0.0628. The molecule has 7 nitrogen and oxygen atoms in total. The second-order valence-electron chi connectivity index (χ2n) is 7.29. The Morgan fingerprint density at radius 3 is 2.55 bits per heavy atom. The smallest absolute Gasteiger partial charge is 0.200 e. The summed E-state index contributed by atoms with van der Waals surface area (Å²) in [5.74, 6) is 1.34. The van der Waals surface area contributed by atoms with Crippen LogP contribution >= 0.6 is 12.2 Å². The number of quaternary nitrogens is 1. The number of aromatic hydroxyl groups is 2. The highest BCUT2D eigenvalue weighted by atomic mass is 32.1. The van der Waals surface area contributed by atoms with Crippen molar-refractivity contribution in [2.75, 3.05) is 20.7 Å². The Bertz CT molecular complexity index is 1090. The van der Waals surface area contributed by atoms with Gasteiger partial charge in [0.1, 0.15) is 11.5 Å². The summed E-state index contributed by atoms with van der Waals surface area (Å²) >= 11 is 5.48. The standard InChI is InChI=1S/C21H26N4O3S/c1-6-24(4)16-9-13(7-8-19(16)28-5)25-20(22-23-21(25)29)15-10-14(12(2)3)17(26)11-18(15)27/h7-12,26-27H,6H2,1-5H3,(H,23,29)/p+1. The van der Waals surface area contributed by atoms with E-state index in [9.17, 15) is 10.2 Å². The van der Waals surface area contributed by atoms with Crippen LogP contribution in [0.2, 0.25) is 0 Å². The number of aromatic nitrogens is 3. The van der Waals surface area contributed by atoms with Gasteiger partial charge in [-0.1, -0.05) is 13.8 Å². The van der Waals surface area contributed by atoms with E-state index in [2.05, 4.69) is 24.2 Å². The molecule has 1 aromatic heterocycles. The summed E-state index contributed by atoms with van der Waals surface area (Å²) in [6.45, 7) is 6.94. The monoisotopic (exact) mass is 415 g/mol. The Kier molecular flexibility index (Phi) is 5.95. The zero-order valence-electron chi connectivity index (χ0n) is 17.3. The van der Waals surface area contributed by atoms with Crippen molar-refractivity contribution >= 4 is 17.9 Å². The number of phenols is 2. The number of nitrogens with zero attached hydrogens (tertiary/aromatic N) is 2. The lowest BCUT2D eigenvalue weighted by atomic mass is 9.98. The van der Waals surface area contributed by atoms with Gasteiger partial charge < -0.3 is 19.8 Å². The van der Waals surface area contributed by atoms with Gasteiger partial charge in [-0.05, 0) is 48.8 Å². The lowest BCUT2D eigenvalue weighted by Gasteiger charge is -2.17. The first-order chi connectivity index (χ1) is 13.8. The zero-order chi connectivity index (χ0) is 21.3. The number of phenolic OH excluding ortho intramolecular Hbond substituents is 2. The van der Waals surface area contributed by atoms with Crippen LogP contribution < -0.4 is 9.64 Å². The number of rotatable bonds is 6. The molecule has 0 aliphatic heterocycles. The van der Waals surface area contributed by atoms with Crippen LogP contribution in [0.3, 0.4) is 0 Å². The molecule has 0 aliphatic carbocycles. The van der Waals surface area contributed by atoms with E-state index in [0.717, 1.165) is 29.2 Å². The zero-order valence-corrected chi connectivity index (χ0v) is 18.1. The third kappa shape index (κ3) is 3.86. The van der Waals surface area contributed by atoms with E-state index in [1.807, 2.05) is 32.0 Å². The predicted octanol–water partition coefficient (Wildman–Crippen LogP) is 3.31. The lowest BCUT2D eigenvalue weighted by molar-refractivity contribution is -0.808. The first kappa shape index (κ1) is 20.9. The molecule has 3 aromatic rings. The summed E-state index contributed by atoms with van der Waals surface area (Å²) in [6, 6.07) is 8.92. The topological polar surface area (TPSA) is 87.7 Å². The van der Waals surface area contributed by atoms with Crippen molar-refractivity contribution in [1.29, 1.82) is 0 Å². The first-order valence-corrected chi connectivity index (χ1v) is 9.94. The molecule has 0 fully saturated rings. The van der Waals surface area contributed by atoms with Crippen LogP contribution in [0.4, 0.5) is 5.69 Å². The van der Waals surface area contributed by atoms with Crippen LogP contribution in [0.5, 0.6) is 17.2 Å². The summed E-state index contributed by atoms with van der Waals surface area (Å²) in [4.78, 5) is 1.19. The number of hydrogen-bond donors (Lipinski definition) is 4. The van der Waals surface area contributed by atoms with E-state index in [1.165, 1.54) is 11.0 Å². The van der Waals surface area contributed by atoms with E-state index in [4.69, 9.17) is 17.0 Å². The first-order valence-electron chi connectivity index (χ1n) is 9.53. The van der Waals surface area contributed by atoms with Crippen LogP contribution in [-0.4, -0.2) is 45.7 Å². The molecule has 1 heterocycles. The molecule has 0 saturated heterocycles. The summed E-state index contributed by atoms with van der Waals surface area (Å²) in [5, 5.41) is 27.9. The predicted molar refractivity (Wildman–Crippen MR) is 115 cm³/mol. The Morgan fingerprint density at radius 2 is 1.93 bits per heavy atom. The summed E-state index contributed by atoms with van der Waals surface area (Å²) < 4.78 is 7.69. The van der Waals surface area contributed by atoms with Crippen molar-refractivity contribution in [3.8, 4) is 34.3 Å². The van der Waals surface area contributed by atoms with Crippen molar-refractivity contribution in [3.63, 3.8) is 0 Å². The van der Waals surface area contributed by atoms with E-state index in [0.29, 0.717) is 16.2 Å². The fourth-order valence-corrected chi connectivity index (χ4v) is 3.55. The van der Waals surface area contributed by atoms with Gasteiger partial charge in [-0.3, -0.25) is 9.67 Å². The molecule has 0 aliphatic rings. The van der Waals surface area contributed by atoms with Crippen LogP contribution in [0.15, 0.2) is 30.3 Å². The van der Waals surface area contributed by atoms with Gasteiger partial charge in [-0.15, -0.1) is 0 Å². The molecule has 1 unspecified atom stereocenters. The minimum absolute atomic E-state index is 0.0573. The van der Waals surface area contributed by atoms with Crippen LogP contribution in [0.25, 0.3) is 17.1 Å². The van der Waals surface area contributed by atoms with Crippen LogP contribution in [0, 0.1) is 4.77 Å². The highest BCUT2D eigenvalue weighted by molar-refractivity contribution is 7.71. The maximum atomic E-state index is 10.5. The molecule has 154 valence electrons. The average molecular weight is 416 g/mol. The molecule has 29 heavy (non-hydrogen) atoms. The molecule has 0 bridgehead atoms. The van der Waals surface area contributed by atoms with Gasteiger partial charge in [0.25, 0.3) is 0 Å². The average Bonchev–Trinajstić information content (AvgIpc) is 3.07. The number of H-pyrrole nitrogens is 1. The van der Waals surface area contributed by atoms with Crippen LogP contribution in [0.1, 0.15) is 32.3 Å². The molecule has 0 radical (unpaired) electrons. The SMILES string of the molecule is CC[NH+](C)c1cc(-n2c(-c3cc(C(C)C)c(O)cc3O)n[nH]c2=S)ccc1OC. The van der Waals surface area contributed by atoms with E-state index in [1.54, 1.807) is 17.7 Å². The molecular formula is C21H27N4O3S+. The van der Waals surface area contributed by atoms with Crippen molar-refractivity contribution in [3.05, 3.63) is 40.7 Å². The Balaban J connectivity index is 2.23. The normalized spacial score (nSPS) is 12.3. The molecule has 8 heteroatoms. The highest BCUT2D eigenvalue weighted by Gasteiger charge is 2.20. The summed E-state index contributed by atoms with van der Waals surface area (Å²) in [5.41, 5.74) is 3.02. The molecule has 0 saturated carbocycles. The van der Waals surface area contributed by atoms with Gasteiger partial charge in [-0.2, -0.15) is 5.10 Å². The van der Waals surface area contributed by atoms with Gasteiger partial charge in [0.15, 0.2) is 22.0 Å². The second-order valence-corrected chi connectivity index (χ2v) is 7.68. The quantitative estimate of drug-likeness (QED) is 0.464. The number of ether oxygens (including phenoxy) is 1. The lowest BCUT2D eigenvalue weighted by Crippen LogP contribution is -3.03. The molecule has 2 aromatic carbocycles. The number of aromatic amines is 1. The maximum Gasteiger partial charge on any atom is 0.200 e. The maximum absolute atomic E-state index is 10.5. The summed E-state index contributed by atoms with van der Waals surface area (Å²) in [6.07, 6.45) is 0. The summed E-state index contributed by atoms with van der Waals surface area (Å²) in [7, 11) is 3.72. The fourth-order valence-electron chi connectivity index (χ4n) is 3.31. The Morgan fingerprint density at radius 1 is 1.21 bits per heavy atom. The molecule has 3 rings (SSSR count). The van der Waals surface area contributed by atoms with E-state index < -0.39 is 0 Å². The number of benzene rings is 2. The highest BCUT2D eigenvalue weighted by Crippen LogP contribution is 2.38. The second kappa shape index (κ2) is 8.26. The van der Waals surface area contributed by atoms with Gasteiger partial charge >= 0.3 is 0 Å². The van der Waals surface area contributed by atoms with E-state index in [-0.39, 0.29) is 17.4 Å². The van der Waals surface area contributed by atoms with Crippen molar-refractivity contribution in [2.24, 2.45) is 0 Å². The molecule has 0 amide bonds. The van der Waals surface area contributed by atoms with Crippen LogP contribution in [-0.2, 0) is 0 Å². The third-order valence-corrected chi connectivity index (χ3v) is 5.39. The van der Waals surface area contributed by atoms with Gasteiger partial charge in [0, 0.05) is 12.1 Å². The Hall–Kier alpha value is -2.84. The molecule has 4 N–H and O–H groups in total. The third-order valence-electron chi connectivity index (χ3n) is 5.11. The van der Waals surface area contributed by atoms with E-state index >= 15 is 0 Å². The number of hydrogen-bond acceptors (Lipinski definition) is 5. The number of methoxy groups -OCH3 is 1. The molecular weight excluding hydrogens is 388 g/mol. The van der Waals surface area contributed by atoms with Gasteiger partial charge in [0.05, 0.1) is 32.0 Å². The number of nitrogens with one attached hydrogen (secondary N) is 2. The van der Waals surface area contributed by atoms with Gasteiger partial charge in [0.2, 0.25) is 0 Å². The van der Waals surface area contributed by atoms with Crippen molar-refractivity contribution in [2.45, 2.75) is 26.7 Å².